The lowest BCUT2D eigenvalue weighted by atomic mass is 10.2. The lowest BCUT2D eigenvalue weighted by Crippen LogP contribution is -2.22. The summed E-state index contributed by atoms with van der Waals surface area (Å²) in [6.45, 7) is 3.81. The van der Waals surface area contributed by atoms with Gasteiger partial charge in [-0.25, -0.2) is 0 Å². The first-order chi connectivity index (χ1) is 9.95. The SMILES string of the molecule is Cc1ccc(N)cc1NC(=O)C(C)Sc1ccc(Cl)cc1. The first kappa shape index (κ1) is 15.7. The number of amides is 1. The van der Waals surface area contributed by atoms with Crippen LogP contribution < -0.4 is 11.1 Å². The summed E-state index contributed by atoms with van der Waals surface area (Å²) in [6.07, 6.45) is 0. The van der Waals surface area contributed by atoms with Crippen LogP contribution in [0.4, 0.5) is 11.4 Å². The molecule has 2 aromatic rings. The number of nitrogens with two attached hydrogens (primary N) is 1. The molecule has 0 radical (unpaired) electrons. The molecule has 0 aliphatic carbocycles. The van der Waals surface area contributed by atoms with Gasteiger partial charge in [-0.05, 0) is 55.8 Å². The highest BCUT2D eigenvalue weighted by Gasteiger charge is 2.15. The number of halogens is 1. The number of benzene rings is 2. The van der Waals surface area contributed by atoms with E-state index < -0.39 is 0 Å². The predicted molar refractivity (Wildman–Crippen MR) is 91.0 cm³/mol. The Balaban J connectivity index is 2.02. The zero-order valence-electron chi connectivity index (χ0n) is 11.9. The van der Waals surface area contributed by atoms with E-state index in [1.54, 1.807) is 6.07 Å². The number of anilines is 2. The molecule has 0 aliphatic rings. The van der Waals surface area contributed by atoms with E-state index >= 15 is 0 Å². The average Bonchev–Trinajstić information content (AvgIpc) is 2.45. The zero-order valence-corrected chi connectivity index (χ0v) is 13.5. The quantitative estimate of drug-likeness (QED) is 0.650. The van der Waals surface area contributed by atoms with E-state index in [2.05, 4.69) is 5.32 Å². The molecular weight excluding hydrogens is 304 g/mol. The summed E-state index contributed by atoms with van der Waals surface area (Å²) in [5.41, 5.74) is 8.12. The van der Waals surface area contributed by atoms with Crippen LogP contribution in [0.5, 0.6) is 0 Å². The molecular formula is C16H17ClN2OS. The second-order valence-electron chi connectivity index (χ2n) is 4.78. The molecule has 0 heterocycles. The van der Waals surface area contributed by atoms with Crippen LogP contribution in [-0.4, -0.2) is 11.2 Å². The van der Waals surface area contributed by atoms with E-state index in [9.17, 15) is 4.79 Å². The van der Waals surface area contributed by atoms with E-state index in [1.807, 2.05) is 50.2 Å². The number of hydrogen-bond acceptors (Lipinski definition) is 3. The van der Waals surface area contributed by atoms with Crippen molar-refractivity contribution in [2.24, 2.45) is 0 Å². The van der Waals surface area contributed by atoms with Gasteiger partial charge in [0, 0.05) is 21.3 Å². The lowest BCUT2D eigenvalue weighted by Gasteiger charge is -2.14. The summed E-state index contributed by atoms with van der Waals surface area (Å²) >= 11 is 7.34. The number of carbonyl (C=O) groups is 1. The molecule has 2 aromatic carbocycles. The molecule has 1 unspecified atom stereocenters. The standard InChI is InChI=1S/C16H17ClN2OS/c1-10-3-6-13(18)9-15(10)19-16(20)11(2)21-14-7-4-12(17)5-8-14/h3-9,11H,18H2,1-2H3,(H,19,20). The Labute approximate surface area is 133 Å². The molecule has 3 nitrogen and oxygen atoms in total. The maximum atomic E-state index is 12.2. The van der Waals surface area contributed by atoms with Gasteiger partial charge in [0.2, 0.25) is 5.91 Å². The number of nitrogens with one attached hydrogen (secondary N) is 1. The number of thioether (sulfide) groups is 1. The third-order valence-electron chi connectivity index (χ3n) is 3.02. The average molecular weight is 321 g/mol. The zero-order chi connectivity index (χ0) is 15.4. The van der Waals surface area contributed by atoms with Gasteiger partial charge in [-0.3, -0.25) is 4.79 Å². The van der Waals surface area contributed by atoms with Gasteiger partial charge in [-0.2, -0.15) is 0 Å². The van der Waals surface area contributed by atoms with Gasteiger partial charge in [0.05, 0.1) is 5.25 Å². The molecule has 0 fully saturated rings. The monoisotopic (exact) mass is 320 g/mol. The molecule has 3 N–H and O–H groups in total. The highest BCUT2D eigenvalue weighted by molar-refractivity contribution is 8.00. The molecule has 5 heteroatoms. The van der Waals surface area contributed by atoms with Crippen molar-refractivity contribution in [2.75, 3.05) is 11.1 Å². The van der Waals surface area contributed by atoms with Crippen molar-refractivity contribution < 1.29 is 4.79 Å². The molecule has 2 rings (SSSR count). The number of nitrogen functional groups attached to an aromatic ring is 1. The molecule has 0 spiro atoms. The van der Waals surface area contributed by atoms with E-state index in [4.69, 9.17) is 17.3 Å². The first-order valence-electron chi connectivity index (χ1n) is 6.55. The molecule has 1 amide bonds. The van der Waals surface area contributed by atoms with Crippen LogP contribution in [0.1, 0.15) is 12.5 Å². The number of aryl methyl sites for hydroxylation is 1. The van der Waals surface area contributed by atoms with Gasteiger partial charge >= 0.3 is 0 Å². The van der Waals surface area contributed by atoms with Crippen LogP contribution in [0.15, 0.2) is 47.4 Å². The first-order valence-corrected chi connectivity index (χ1v) is 7.80. The Bertz CT molecular complexity index is 643. The predicted octanol–water partition coefficient (Wildman–Crippen LogP) is 4.35. The molecule has 0 aromatic heterocycles. The summed E-state index contributed by atoms with van der Waals surface area (Å²) in [6, 6.07) is 12.9. The van der Waals surface area contributed by atoms with Gasteiger partial charge < -0.3 is 11.1 Å². The van der Waals surface area contributed by atoms with Crippen LogP contribution >= 0.6 is 23.4 Å². The minimum Gasteiger partial charge on any atom is -0.399 e. The van der Waals surface area contributed by atoms with Crippen molar-refractivity contribution in [3.8, 4) is 0 Å². The largest absolute Gasteiger partial charge is 0.399 e. The van der Waals surface area contributed by atoms with Crippen LogP contribution in [0, 0.1) is 6.92 Å². The molecule has 110 valence electrons. The van der Waals surface area contributed by atoms with E-state index in [-0.39, 0.29) is 11.2 Å². The molecule has 1 atom stereocenters. The lowest BCUT2D eigenvalue weighted by molar-refractivity contribution is -0.115. The van der Waals surface area contributed by atoms with Crippen molar-refractivity contribution in [1.29, 1.82) is 0 Å². The molecule has 0 saturated heterocycles. The van der Waals surface area contributed by atoms with Crippen molar-refractivity contribution in [1.82, 2.24) is 0 Å². The highest BCUT2D eigenvalue weighted by Crippen LogP contribution is 2.26. The Morgan fingerprint density at radius 1 is 1.24 bits per heavy atom. The van der Waals surface area contributed by atoms with Crippen molar-refractivity contribution in [2.45, 2.75) is 24.0 Å². The fourth-order valence-electron chi connectivity index (χ4n) is 1.78. The van der Waals surface area contributed by atoms with E-state index in [0.717, 1.165) is 16.1 Å². The minimum atomic E-state index is -0.216. The highest BCUT2D eigenvalue weighted by atomic mass is 35.5. The van der Waals surface area contributed by atoms with Crippen molar-refractivity contribution >= 4 is 40.6 Å². The third-order valence-corrected chi connectivity index (χ3v) is 4.38. The van der Waals surface area contributed by atoms with Crippen molar-refractivity contribution in [3.05, 3.63) is 53.1 Å². The summed E-state index contributed by atoms with van der Waals surface area (Å²) in [7, 11) is 0. The smallest absolute Gasteiger partial charge is 0.237 e. The second-order valence-corrected chi connectivity index (χ2v) is 6.63. The fourth-order valence-corrected chi connectivity index (χ4v) is 2.77. The summed E-state index contributed by atoms with van der Waals surface area (Å²) in [4.78, 5) is 13.3. The van der Waals surface area contributed by atoms with Gasteiger partial charge in [-0.15, -0.1) is 11.8 Å². The second kappa shape index (κ2) is 6.87. The normalized spacial score (nSPS) is 12.0. The fraction of sp³-hybridized carbons (Fsp3) is 0.188. The van der Waals surface area contributed by atoms with E-state index in [0.29, 0.717) is 10.7 Å². The summed E-state index contributed by atoms with van der Waals surface area (Å²) < 4.78 is 0. The third kappa shape index (κ3) is 4.41. The molecule has 0 aliphatic heterocycles. The van der Waals surface area contributed by atoms with Gasteiger partial charge in [-0.1, -0.05) is 17.7 Å². The van der Waals surface area contributed by atoms with E-state index in [1.165, 1.54) is 11.8 Å². The van der Waals surface area contributed by atoms with Crippen molar-refractivity contribution in [3.63, 3.8) is 0 Å². The number of carbonyl (C=O) groups excluding carboxylic acids is 1. The Kier molecular flexibility index (Phi) is 5.15. The molecule has 0 bridgehead atoms. The maximum absolute atomic E-state index is 12.2. The van der Waals surface area contributed by atoms with Gasteiger partial charge in [0.25, 0.3) is 0 Å². The summed E-state index contributed by atoms with van der Waals surface area (Å²) in [5.74, 6) is -0.0522. The summed E-state index contributed by atoms with van der Waals surface area (Å²) in [5, 5.41) is 3.39. The van der Waals surface area contributed by atoms with Crippen LogP contribution in [-0.2, 0) is 4.79 Å². The Hall–Kier alpha value is -1.65. The van der Waals surface area contributed by atoms with Crippen LogP contribution in [0.25, 0.3) is 0 Å². The Morgan fingerprint density at radius 2 is 1.90 bits per heavy atom. The van der Waals surface area contributed by atoms with Crippen LogP contribution in [0.3, 0.4) is 0 Å². The molecule has 21 heavy (non-hydrogen) atoms. The molecule has 0 saturated carbocycles. The van der Waals surface area contributed by atoms with Gasteiger partial charge in [0.1, 0.15) is 0 Å². The van der Waals surface area contributed by atoms with Crippen LogP contribution in [0.2, 0.25) is 5.02 Å². The number of hydrogen-bond donors (Lipinski definition) is 2. The topological polar surface area (TPSA) is 55.1 Å². The maximum Gasteiger partial charge on any atom is 0.237 e. The van der Waals surface area contributed by atoms with Gasteiger partial charge in [0.15, 0.2) is 0 Å². The number of rotatable bonds is 4. The Morgan fingerprint density at radius 3 is 2.57 bits per heavy atom. The minimum absolute atomic E-state index is 0.0522.